The van der Waals surface area contributed by atoms with Crippen molar-refractivity contribution in [3.05, 3.63) is 17.6 Å². The Hall–Kier alpha value is -1.42. The maximum atomic E-state index is 12.7. The lowest BCUT2D eigenvalue weighted by Gasteiger charge is -2.20. The number of rotatable bonds is 9. The molecule has 1 aromatic heterocycles. The lowest BCUT2D eigenvalue weighted by atomic mass is 10.3. The SMILES string of the molecule is COCCN(CCOC)C(=O)c1cc(S(=O)(=O)N2CCCC2)c(C)o1. The summed E-state index contributed by atoms with van der Waals surface area (Å²) in [4.78, 5) is 14.3. The third-order valence-electron chi connectivity index (χ3n) is 4.18. The van der Waals surface area contributed by atoms with Crippen molar-refractivity contribution >= 4 is 15.9 Å². The van der Waals surface area contributed by atoms with Crippen molar-refractivity contribution in [2.75, 3.05) is 53.6 Å². The number of amides is 1. The Bertz CT molecular complexity index is 671. The van der Waals surface area contributed by atoms with Crippen LogP contribution in [0.15, 0.2) is 15.4 Å². The Morgan fingerprint density at radius 1 is 1.20 bits per heavy atom. The van der Waals surface area contributed by atoms with Gasteiger partial charge >= 0.3 is 0 Å². The van der Waals surface area contributed by atoms with Gasteiger partial charge in [0.05, 0.1) is 13.2 Å². The van der Waals surface area contributed by atoms with Crippen LogP contribution in [0.25, 0.3) is 0 Å². The van der Waals surface area contributed by atoms with Gasteiger partial charge in [0.2, 0.25) is 10.0 Å². The smallest absolute Gasteiger partial charge is 0.289 e. The van der Waals surface area contributed by atoms with Crippen LogP contribution in [0.4, 0.5) is 0 Å². The first-order valence-electron chi connectivity index (χ1n) is 8.29. The standard InChI is InChI=1S/C16H26N2O6S/c1-13-15(25(20,21)18-6-4-5-7-18)12-14(24-13)16(19)17(8-10-22-2)9-11-23-3/h12H,4-11H2,1-3H3. The average Bonchev–Trinajstić information content (AvgIpc) is 3.24. The third kappa shape index (κ3) is 4.60. The van der Waals surface area contributed by atoms with Gasteiger partial charge in [0, 0.05) is 46.5 Å². The van der Waals surface area contributed by atoms with Crippen molar-refractivity contribution in [1.82, 2.24) is 9.21 Å². The lowest BCUT2D eigenvalue weighted by molar-refractivity contribution is 0.0597. The monoisotopic (exact) mass is 374 g/mol. The zero-order valence-electron chi connectivity index (χ0n) is 15.0. The molecule has 1 saturated heterocycles. The summed E-state index contributed by atoms with van der Waals surface area (Å²) in [6, 6.07) is 1.33. The highest BCUT2D eigenvalue weighted by Crippen LogP contribution is 2.26. The summed E-state index contributed by atoms with van der Waals surface area (Å²) >= 11 is 0. The van der Waals surface area contributed by atoms with E-state index in [1.54, 1.807) is 21.1 Å². The molecule has 25 heavy (non-hydrogen) atoms. The van der Waals surface area contributed by atoms with E-state index < -0.39 is 10.0 Å². The van der Waals surface area contributed by atoms with E-state index in [1.807, 2.05) is 0 Å². The average molecular weight is 374 g/mol. The van der Waals surface area contributed by atoms with E-state index in [9.17, 15) is 13.2 Å². The molecule has 0 N–H and O–H groups in total. The summed E-state index contributed by atoms with van der Waals surface area (Å²) in [6.45, 7) is 4.05. The molecule has 0 bridgehead atoms. The van der Waals surface area contributed by atoms with Crippen molar-refractivity contribution in [2.24, 2.45) is 0 Å². The van der Waals surface area contributed by atoms with Crippen molar-refractivity contribution in [3.8, 4) is 0 Å². The zero-order chi connectivity index (χ0) is 18.4. The number of sulfonamides is 1. The fourth-order valence-electron chi connectivity index (χ4n) is 2.77. The van der Waals surface area contributed by atoms with Gasteiger partial charge in [-0.3, -0.25) is 4.79 Å². The second-order valence-corrected chi connectivity index (χ2v) is 7.83. The summed E-state index contributed by atoms with van der Waals surface area (Å²) in [5, 5.41) is 0. The topological polar surface area (TPSA) is 89.3 Å². The van der Waals surface area contributed by atoms with Crippen LogP contribution in [0.5, 0.6) is 0 Å². The van der Waals surface area contributed by atoms with Crippen LogP contribution in [0.1, 0.15) is 29.2 Å². The first-order chi connectivity index (χ1) is 11.9. The first-order valence-corrected chi connectivity index (χ1v) is 9.73. The van der Waals surface area contributed by atoms with Crippen molar-refractivity contribution < 1.29 is 27.1 Å². The molecule has 1 aliphatic rings. The molecule has 0 saturated carbocycles. The van der Waals surface area contributed by atoms with Gasteiger partial charge in [0.15, 0.2) is 5.76 Å². The van der Waals surface area contributed by atoms with Crippen LogP contribution in [0.3, 0.4) is 0 Å². The van der Waals surface area contributed by atoms with Crippen molar-refractivity contribution in [2.45, 2.75) is 24.7 Å². The number of hydrogen-bond acceptors (Lipinski definition) is 6. The van der Waals surface area contributed by atoms with Gasteiger partial charge < -0.3 is 18.8 Å². The molecule has 2 heterocycles. The number of carbonyl (C=O) groups excluding carboxylic acids is 1. The second kappa shape index (κ2) is 8.79. The maximum Gasteiger partial charge on any atom is 0.289 e. The predicted molar refractivity (Wildman–Crippen MR) is 91.1 cm³/mol. The Morgan fingerprint density at radius 2 is 1.76 bits per heavy atom. The number of ether oxygens (including phenoxy) is 2. The summed E-state index contributed by atoms with van der Waals surface area (Å²) < 4.78 is 42.4. The van der Waals surface area contributed by atoms with Gasteiger partial charge in [-0.2, -0.15) is 4.31 Å². The highest BCUT2D eigenvalue weighted by Gasteiger charge is 2.32. The van der Waals surface area contributed by atoms with E-state index >= 15 is 0 Å². The number of nitrogens with zero attached hydrogens (tertiary/aromatic N) is 2. The van der Waals surface area contributed by atoms with E-state index in [4.69, 9.17) is 13.9 Å². The van der Waals surface area contributed by atoms with E-state index in [0.29, 0.717) is 39.4 Å². The molecule has 0 spiro atoms. The summed E-state index contributed by atoms with van der Waals surface area (Å²) in [6.07, 6.45) is 1.70. The normalized spacial score (nSPS) is 15.6. The van der Waals surface area contributed by atoms with E-state index in [-0.39, 0.29) is 22.3 Å². The van der Waals surface area contributed by atoms with Crippen LogP contribution in [-0.4, -0.2) is 77.1 Å². The Morgan fingerprint density at radius 3 is 2.28 bits per heavy atom. The highest BCUT2D eigenvalue weighted by atomic mass is 32.2. The molecule has 0 aliphatic carbocycles. The van der Waals surface area contributed by atoms with E-state index in [0.717, 1.165) is 12.8 Å². The molecule has 1 aromatic rings. The summed E-state index contributed by atoms with van der Waals surface area (Å²) in [7, 11) is -0.518. The van der Waals surface area contributed by atoms with E-state index in [1.165, 1.54) is 15.3 Å². The molecule has 8 nitrogen and oxygen atoms in total. The highest BCUT2D eigenvalue weighted by molar-refractivity contribution is 7.89. The number of carbonyl (C=O) groups is 1. The van der Waals surface area contributed by atoms with Crippen LogP contribution >= 0.6 is 0 Å². The van der Waals surface area contributed by atoms with Crippen molar-refractivity contribution in [3.63, 3.8) is 0 Å². The van der Waals surface area contributed by atoms with Gasteiger partial charge in [-0.15, -0.1) is 0 Å². The second-order valence-electron chi connectivity index (χ2n) is 5.92. The van der Waals surface area contributed by atoms with Crippen molar-refractivity contribution in [1.29, 1.82) is 0 Å². The quantitative estimate of drug-likeness (QED) is 0.643. The molecule has 1 aliphatic heterocycles. The summed E-state index contributed by atoms with van der Waals surface area (Å²) in [5.41, 5.74) is 0. The number of furan rings is 1. The minimum absolute atomic E-state index is 0.0162. The number of aryl methyl sites for hydroxylation is 1. The van der Waals surface area contributed by atoms with Gasteiger partial charge in [-0.05, 0) is 19.8 Å². The van der Waals surface area contributed by atoms with Gasteiger partial charge in [0.25, 0.3) is 5.91 Å². The van der Waals surface area contributed by atoms with Crippen LogP contribution in [-0.2, 0) is 19.5 Å². The minimum Gasteiger partial charge on any atom is -0.455 e. The largest absolute Gasteiger partial charge is 0.455 e. The number of hydrogen-bond donors (Lipinski definition) is 0. The van der Waals surface area contributed by atoms with Gasteiger partial charge in [0.1, 0.15) is 10.7 Å². The molecule has 0 atom stereocenters. The van der Waals surface area contributed by atoms with Crippen LogP contribution in [0.2, 0.25) is 0 Å². The van der Waals surface area contributed by atoms with Crippen LogP contribution in [0, 0.1) is 6.92 Å². The Labute approximate surface area is 148 Å². The predicted octanol–water partition coefficient (Wildman–Crippen LogP) is 1.11. The number of methoxy groups -OCH3 is 2. The van der Waals surface area contributed by atoms with Gasteiger partial charge in [-0.1, -0.05) is 0 Å². The zero-order valence-corrected chi connectivity index (χ0v) is 15.8. The molecule has 9 heteroatoms. The lowest BCUT2D eigenvalue weighted by Crippen LogP contribution is -2.36. The Kier molecular flexibility index (Phi) is 7.00. The van der Waals surface area contributed by atoms with Gasteiger partial charge in [-0.25, -0.2) is 8.42 Å². The molecule has 2 rings (SSSR count). The summed E-state index contributed by atoms with van der Waals surface area (Å²) in [5.74, 6) is -0.128. The molecule has 0 radical (unpaired) electrons. The molecule has 0 aromatic carbocycles. The first kappa shape index (κ1) is 19.9. The molecule has 1 amide bonds. The molecular formula is C16H26N2O6S. The molecule has 1 fully saturated rings. The maximum absolute atomic E-state index is 12.7. The Balaban J connectivity index is 2.22. The van der Waals surface area contributed by atoms with E-state index in [2.05, 4.69) is 0 Å². The third-order valence-corrected chi connectivity index (χ3v) is 6.19. The van der Waals surface area contributed by atoms with Crippen LogP contribution < -0.4 is 0 Å². The fourth-order valence-corrected chi connectivity index (χ4v) is 4.45. The molecular weight excluding hydrogens is 348 g/mol. The minimum atomic E-state index is -3.62. The molecule has 142 valence electrons. The molecule has 0 unspecified atom stereocenters. The fraction of sp³-hybridized carbons (Fsp3) is 0.688.